The van der Waals surface area contributed by atoms with Crippen LogP contribution in [0.5, 0.6) is 0 Å². The molecule has 2 aromatic heterocycles. The maximum atomic E-state index is 2.52. The van der Waals surface area contributed by atoms with E-state index in [0.29, 0.717) is 0 Å². The zero-order valence-corrected chi connectivity index (χ0v) is 15.4. The van der Waals surface area contributed by atoms with E-state index in [1.54, 1.807) is 5.56 Å². The highest BCUT2D eigenvalue weighted by atomic mass is 32.1. The van der Waals surface area contributed by atoms with Crippen molar-refractivity contribution in [3.63, 3.8) is 0 Å². The Morgan fingerprint density at radius 3 is 2.42 bits per heavy atom. The zero-order chi connectivity index (χ0) is 17.1. The predicted molar refractivity (Wildman–Crippen MR) is 113 cm³/mol. The summed E-state index contributed by atoms with van der Waals surface area (Å²) in [7, 11) is 0. The van der Waals surface area contributed by atoms with Crippen molar-refractivity contribution >= 4 is 42.4 Å². The van der Waals surface area contributed by atoms with E-state index in [1.165, 1.54) is 68.1 Å². The number of para-hydroxylation sites is 1. The van der Waals surface area contributed by atoms with Crippen molar-refractivity contribution in [2.24, 2.45) is 0 Å². The summed E-state index contributed by atoms with van der Waals surface area (Å²) in [6.07, 6.45) is 5.00. The summed E-state index contributed by atoms with van der Waals surface area (Å²) in [4.78, 5) is 0. The van der Waals surface area contributed by atoms with Crippen molar-refractivity contribution < 1.29 is 0 Å². The van der Waals surface area contributed by atoms with Crippen LogP contribution in [-0.2, 0) is 12.8 Å². The molecule has 0 bridgehead atoms. The number of hydrogen-bond acceptors (Lipinski definition) is 1. The van der Waals surface area contributed by atoms with Gasteiger partial charge in [-0.25, -0.2) is 0 Å². The molecule has 6 rings (SSSR count). The summed E-state index contributed by atoms with van der Waals surface area (Å²) < 4.78 is 5.30. The smallest absolute Gasteiger partial charge is 0.0548 e. The van der Waals surface area contributed by atoms with Crippen LogP contribution in [0.4, 0.5) is 0 Å². The van der Waals surface area contributed by atoms with E-state index in [-0.39, 0.29) is 0 Å². The molecule has 0 atom stereocenters. The molecular formula is C24H19NS. The van der Waals surface area contributed by atoms with Crippen molar-refractivity contribution in [2.75, 3.05) is 0 Å². The van der Waals surface area contributed by atoms with Crippen molar-refractivity contribution in [3.8, 4) is 5.69 Å². The Morgan fingerprint density at radius 2 is 1.50 bits per heavy atom. The predicted octanol–water partition coefficient (Wildman–Crippen LogP) is 6.88. The van der Waals surface area contributed by atoms with Crippen molar-refractivity contribution in [1.29, 1.82) is 0 Å². The minimum absolute atomic E-state index is 1.19. The number of aryl methyl sites for hydroxylation is 1. The highest BCUT2D eigenvalue weighted by molar-refractivity contribution is 7.25. The first kappa shape index (κ1) is 14.6. The van der Waals surface area contributed by atoms with Crippen LogP contribution in [-0.4, -0.2) is 4.57 Å². The van der Waals surface area contributed by atoms with Crippen molar-refractivity contribution in [2.45, 2.75) is 25.7 Å². The second kappa shape index (κ2) is 5.46. The molecular weight excluding hydrogens is 334 g/mol. The number of benzene rings is 3. The standard InChI is InChI=1S/C24H19NS/c1-2-8-16(9-3-1)25-21-12-6-4-10-17(21)19-14-20-18-11-5-7-13-23(18)26-24(20)15-22(19)25/h1-3,5,7-9,11,13-15H,4,6,10,12H2. The number of hydrogen-bond donors (Lipinski definition) is 0. The van der Waals surface area contributed by atoms with Gasteiger partial charge in [-0.15, -0.1) is 11.3 Å². The molecule has 0 fully saturated rings. The highest BCUT2D eigenvalue weighted by Crippen LogP contribution is 2.41. The molecule has 1 nitrogen and oxygen atoms in total. The van der Waals surface area contributed by atoms with Gasteiger partial charge in [-0.05, 0) is 61.6 Å². The Morgan fingerprint density at radius 1 is 0.692 bits per heavy atom. The van der Waals surface area contributed by atoms with E-state index < -0.39 is 0 Å². The molecule has 26 heavy (non-hydrogen) atoms. The monoisotopic (exact) mass is 353 g/mol. The van der Waals surface area contributed by atoms with Gasteiger partial charge in [-0.3, -0.25) is 0 Å². The van der Waals surface area contributed by atoms with Gasteiger partial charge < -0.3 is 4.57 Å². The molecule has 0 amide bonds. The van der Waals surface area contributed by atoms with Crippen LogP contribution in [0, 0.1) is 0 Å². The summed E-state index contributed by atoms with van der Waals surface area (Å²) in [6.45, 7) is 0. The number of aromatic nitrogens is 1. The second-order valence-corrected chi connectivity index (χ2v) is 8.35. The van der Waals surface area contributed by atoms with E-state index in [4.69, 9.17) is 0 Å². The van der Waals surface area contributed by atoms with Gasteiger partial charge in [-0.1, -0.05) is 36.4 Å². The molecule has 1 aliphatic rings. The minimum atomic E-state index is 1.19. The lowest BCUT2D eigenvalue weighted by Gasteiger charge is -2.16. The first-order valence-corrected chi connectivity index (χ1v) is 10.2. The quantitative estimate of drug-likeness (QED) is 0.310. The molecule has 0 radical (unpaired) electrons. The van der Waals surface area contributed by atoms with Gasteiger partial charge in [0.05, 0.1) is 5.52 Å². The largest absolute Gasteiger partial charge is 0.313 e. The molecule has 2 heteroatoms. The maximum Gasteiger partial charge on any atom is 0.0548 e. The Kier molecular flexibility index (Phi) is 3.06. The molecule has 3 aromatic carbocycles. The fourth-order valence-electron chi connectivity index (χ4n) is 4.63. The van der Waals surface area contributed by atoms with Crippen LogP contribution in [0.25, 0.3) is 36.8 Å². The average Bonchev–Trinajstić information content (AvgIpc) is 3.22. The highest BCUT2D eigenvalue weighted by Gasteiger charge is 2.22. The average molecular weight is 353 g/mol. The third kappa shape index (κ3) is 1.96. The Balaban J connectivity index is 1.78. The molecule has 0 N–H and O–H groups in total. The van der Waals surface area contributed by atoms with E-state index in [2.05, 4.69) is 71.3 Å². The number of nitrogens with zero attached hydrogens (tertiary/aromatic N) is 1. The molecule has 0 saturated carbocycles. The van der Waals surface area contributed by atoms with E-state index >= 15 is 0 Å². The van der Waals surface area contributed by atoms with Crippen LogP contribution < -0.4 is 0 Å². The minimum Gasteiger partial charge on any atom is -0.313 e. The lowest BCUT2D eigenvalue weighted by molar-refractivity contribution is 0.667. The second-order valence-electron chi connectivity index (χ2n) is 7.27. The molecule has 5 aromatic rings. The summed E-state index contributed by atoms with van der Waals surface area (Å²) >= 11 is 1.91. The fourth-order valence-corrected chi connectivity index (χ4v) is 5.75. The van der Waals surface area contributed by atoms with Crippen LogP contribution in [0.3, 0.4) is 0 Å². The zero-order valence-electron chi connectivity index (χ0n) is 14.5. The third-order valence-electron chi connectivity index (χ3n) is 5.78. The van der Waals surface area contributed by atoms with Gasteiger partial charge in [0, 0.05) is 36.9 Å². The van der Waals surface area contributed by atoms with Gasteiger partial charge in [0.25, 0.3) is 0 Å². The van der Waals surface area contributed by atoms with Gasteiger partial charge in [0.15, 0.2) is 0 Å². The molecule has 0 saturated heterocycles. The van der Waals surface area contributed by atoms with E-state index in [9.17, 15) is 0 Å². The molecule has 0 aliphatic heterocycles. The fraction of sp³-hybridized carbons (Fsp3) is 0.167. The maximum absolute atomic E-state index is 2.52. The normalized spacial score (nSPS) is 14.3. The summed E-state index contributed by atoms with van der Waals surface area (Å²) in [5, 5.41) is 4.27. The summed E-state index contributed by atoms with van der Waals surface area (Å²) in [5.41, 5.74) is 5.77. The van der Waals surface area contributed by atoms with Crippen LogP contribution in [0.15, 0.2) is 66.7 Å². The van der Waals surface area contributed by atoms with Gasteiger partial charge in [0.2, 0.25) is 0 Å². The molecule has 0 unspecified atom stereocenters. The number of fused-ring (bicyclic) bond motifs is 6. The number of thiophene rings is 1. The molecule has 126 valence electrons. The van der Waals surface area contributed by atoms with Crippen molar-refractivity contribution in [1.82, 2.24) is 4.57 Å². The SMILES string of the molecule is c1ccc(-n2c3c(c4cc5c(cc42)sc2ccccc25)CCCC3)cc1. The number of rotatable bonds is 1. The van der Waals surface area contributed by atoms with Gasteiger partial charge in [0.1, 0.15) is 0 Å². The van der Waals surface area contributed by atoms with Crippen molar-refractivity contribution in [3.05, 3.63) is 78.0 Å². The Bertz CT molecular complexity index is 1270. The van der Waals surface area contributed by atoms with Crippen LogP contribution >= 0.6 is 11.3 Å². The lowest BCUT2D eigenvalue weighted by atomic mass is 9.95. The Labute approximate surface area is 156 Å². The molecule has 0 spiro atoms. The summed E-state index contributed by atoms with van der Waals surface area (Å²) in [5.74, 6) is 0. The summed E-state index contributed by atoms with van der Waals surface area (Å²) in [6, 6.07) is 24.6. The third-order valence-corrected chi connectivity index (χ3v) is 6.92. The van der Waals surface area contributed by atoms with Crippen LogP contribution in [0.2, 0.25) is 0 Å². The van der Waals surface area contributed by atoms with Crippen LogP contribution in [0.1, 0.15) is 24.1 Å². The first-order chi connectivity index (χ1) is 12.9. The molecule has 1 aliphatic carbocycles. The topological polar surface area (TPSA) is 4.93 Å². The van der Waals surface area contributed by atoms with E-state index in [1.807, 2.05) is 11.3 Å². The van der Waals surface area contributed by atoms with Gasteiger partial charge >= 0.3 is 0 Å². The Hall–Kier alpha value is -2.58. The lowest BCUT2D eigenvalue weighted by Crippen LogP contribution is -2.06. The van der Waals surface area contributed by atoms with E-state index in [0.717, 1.165) is 0 Å². The first-order valence-electron chi connectivity index (χ1n) is 9.43. The van der Waals surface area contributed by atoms with Gasteiger partial charge in [-0.2, -0.15) is 0 Å². The molecule has 2 heterocycles.